The number of ether oxygens (including phenoxy) is 1. The number of amides is 1. The first-order valence-corrected chi connectivity index (χ1v) is 6.93. The highest BCUT2D eigenvalue weighted by molar-refractivity contribution is 5.80. The number of hydrogen-bond donors (Lipinski definition) is 2. The van der Waals surface area contributed by atoms with Crippen LogP contribution in [0.25, 0.3) is 0 Å². The molecule has 0 aliphatic carbocycles. The van der Waals surface area contributed by atoms with Crippen molar-refractivity contribution in [3.8, 4) is 0 Å². The van der Waals surface area contributed by atoms with E-state index in [4.69, 9.17) is 16.2 Å². The lowest BCUT2D eigenvalue weighted by Crippen LogP contribution is -2.56. The molecule has 20 heavy (non-hydrogen) atoms. The number of rotatable bonds is 5. The fourth-order valence-corrected chi connectivity index (χ4v) is 2.65. The fourth-order valence-electron chi connectivity index (χ4n) is 2.65. The van der Waals surface area contributed by atoms with Crippen LogP contribution in [-0.2, 0) is 9.53 Å². The zero-order valence-corrected chi connectivity index (χ0v) is 11.7. The quantitative estimate of drug-likeness (QED) is 0.793. The summed E-state index contributed by atoms with van der Waals surface area (Å²) in [5.41, 5.74) is 12.8. The van der Waals surface area contributed by atoms with E-state index in [1.807, 2.05) is 19.1 Å². The third-order valence-corrected chi connectivity index (χ3v) is 3.76. The van der Waals surface area contributed by atoms with Crippen LogP contribution in [0.4, 0.5) is 0 Å². The van der Waals surface area contributed by atoms with Crippen LogP contribution in [-0.4, -0.2) is 47.6 Å². The highest BCUT2D eigenvalue weighted by atomic mass is 16.5. The molecule has 1 aromatic rings. The van der Waals surface area contributed by atoms with Gasteiger partial charge in [-0.1, -0.05) is 13.0 Å². The first-order chi connectivity index (χ1) is 9.65. The molecule has 1 amide bonds. The molecule has 3 unspecified atom stereocenters. The van der Waals surface area contributed by atoms with Gasteiger partial charge < -0.3 is 16.2 Å². The molecule has 1 aliphatic rings. The summed E-state index contributed by atoms with van der Waals surface area (Å²) in [6.07, 6.45) is 4.33. The van der Waals surface area contributed by atoms with Crippen LogP contribution in [0.5, 0.6) is 0 Å². The van der Waals surface area contributed by atoms with E-state index in [1.54, 1.807) is 12.4 Å². The lowest BCUT2D eigenvalue weighted by molar-refractivity contribution is -0.132. The van der Waals surface area contributed by atoms with Gasteiger partial charge in [-0.3, -0.25) is 14.7 Å². The van der Waals surface area contributed by atoms with E-state index in [9.17, 15) is 4.79 Å². The van der Waals surface area contributed by atoms with E-state index in [2.05, 4.69) is 9.88 Å². The average Bonchev–Trinajstić information content (AvgIpc) is 2.48. The predicted octanol–water partition coefficient (Wildman–Crippen LogP) is 0.0461. The van der Waals surface area contributed by atoms with Gasteiger partial charge in [0.25, 0.3) is 0 Å². The highest BCUT2D eigenvalue weighted by Crippen LogP contribution is 2.28. The molecule has 0 bridgehead atoms. The minimum atomic E-state index is -0.438. The Bertz CT molecular complexity index is 440. The summed E-state index contributed by atoms with van der Waals surface area (Å²) >= 11 is 0. The van der Waals surface area contributed by atoms with Gasteiger partial charge >= 0.3 is 0 Å². The molecule has 3 atom stereocenters. The lowest BCUT2D eigenvalue weighted by Gasteiger charge is -2.41. The molecule has 6 heteroatoms. The molecule has 6 nitrogen and oxygen atoms in total. The van der Waals surface area contributed by atoms with Gasteiger partial charge in [0.05, 0.1) is 19.3 Å². The van der Waals surface area contributed by atoms with Crippen molar-refractivity contribution in [3.05, 3.63) is 30.1 Å². The number of carbonyl (C=O) groups excluding carboxylic acids is 1. The van der Waals surface area contributed by atoms with E-state index >= 15 is 0 Å². The van der Waals surface area contributed by atoms with Gasteiger partial charge in [0.1, 0.15) is 6.04 Å². The van der Waals surface area contributed by atoms with E-state index < -0.39 is 6.04 Å². The minimum Gasteiger partial charge on any atom is -0.378 e. The second-order valence-electron chi connectivity index (χ2n) is 5.03. The molecule has 0 aromatic carbocycles. The molecule has 2 heterocycles. The normalized spacial score (nSPS) is 23.2. The van der Waals surface area contributed by atoms with Gasteiger partial charge in [-0.2, -0.15) is 0 Å². The minimum absolute atomic E-state index is 0.0740. The molecular formula is C14H22N4O2. The molecule has 1 aliphatic heterocycles. The van der Waals surface area contributed by atoms with Gasteiger partial charge in [-0.25, -0.2) is 0 Å². The Morgan fingerprint density at radius 3 is 3.05 bits per heavy atom. The van der Waals surface area contributed by atoms with Crippen LogP contribution < -0.4 is 11.5 Å². The molecule has 1 aromatic heterocycles. The zero-order valence-electron chi connectivity index (χ0n) is 11.7. The van der Waals surface area contributed by atoms with Crippen LogP contribution >= 0.6 is 0 Å². The number of hydrogen-bond acceptors (Lipinski definition) is 5. The van der Waals surface area contributed by atoms with Crippen LogP contribution in [0.15, 0.2) is 24.5 Å². The van der Waals surface area contributed by atoms with Gasteiger partial charge in [0.15, 0.2) is 0 Å². The zero-order chi connectivity index (χ0) is 14.5. The third kappa shape index (κ3) is 3.15. The van der Waals surface area contributed by atoms with Crippen LogP contribution in [0, 0.1) is 0 Å². The van der Waals surface area contributed by atoms with Crippen molar-refractivity contribution in [2.45, 2.75) is 31.5 Å². The summed E-state index contributed by atoms with van der Waals surface area (Å²) in [6, 6.07) is 3.27. The van der Waals surface area contributed by atoms with Gasteiger partial charge in [0.2, 0.25) is 5.91 Å². The maximum absolute atomic E-state index is 11.7. The Balaban J connectivity index is 2.32. The van der Waals surface area contributed by atoms with Crippen molar-refractivity contribution in [2.24, 2.45) is 11.5 Å². The molecule has 4 N–H and O–H groups in total. The maximum atomic E-state index is 11.7. The van der Waals surface area contributed by atoms with Gasteiger partial charge in [-0.15, -0.1) is 0 Å². The Morgan fingerprint density at radius 1 is 1.65 bits per heavy atom. The third-order valence-electron chi connectivity index (χ3n) is 3.76. The molecule has 0 radical (unpaired) electrons. The Labute approximate surface area is 119 Å². The summed E-state index contributed by atoms with van der Waals surface area (Å²) in [6.45, 7) is 3.58. The summed E-state index contributed by atoms with van der Waals surface area (Å²) in [4.78, 5) is 17.9. The van der Waals surface area contributed by atoms with Gasteiger partial charge in [0, 0.05) is 25.0 Å². The second-order valence-corrected chi connectivity index (χ2v) is 5.03. The van der Waals surface area contributed by atoms with Crippen molar-refractivity contribution in [1.29, 1.82) is 0 Å². The first-order valence-electron chi connectivity index (χ1n) is 6.93. The Hall–Kier alpha value is -1.50. The van der Waals surface area contributed by atoms with Crippen molar-refractivity contribution in [3.63, 3.8) is 0 Å². The monoisotopic (exact) mass is 278 g/mol. The SMILES string of the molecule is CCC(N)C(c1cccnc1)N1CCOCC1C(N)=O. The number of morpholine rings is 1. The molecule has 1 fully saturated rings. The lowest BCUT2D eigenvalue weighted by atomic mass is 9.95. The summed E-state index contributed by atoms with van der Waals surface area (Å²) in [5, 5.41) is 0. The standard InChI is InChI=1S/C14H22N4O2/c1-2-11(15)13(10-4-3-5-17-8-10)18-6-7-20-9-12(18)14(16)19/h3-5,8,11-13H,2,6-7,9,15H2,1H3,(H2,16,19). The number of nitrogens with two attached hydrogens (primary N) is 2. The van der Waals surface area contributed by atoms with Crippen LogP contribution in [0.3, 0.4) is 0 Å². The molecular weight excluding hydrogens is 256 g/mol. The summed E-state index contributed by atoms with van der Waals surface area (Å²) in [5.74, 6) is -0.373. The Morgan fingerprint density at radius 2 is 2.45 bits per heavy atom. The largest absolute Gasteiger partial charge is 0.378 e. The van der Waals surface area contributed by atoms with Crippen LogP contribution in [0.1, 0.15) is 24.9 Å². The molecule has 2 rings (SSSR count). The van der Waals surface area contributed by atoms with Crippen molar-refractivity contribution in [2.75, 3.05) is 19.8 Å². The first kappa shape index (κ1) is 14.9. The van der Waals surface area contributed by atoms with Crippen LogP contribution in [0.2, 0.25) is 0 Å². The van der Waals surface area contributed by atoms with E-state index in [-0.39, 0.29) is 18.0 Å². The summed E-state index contributed by atoms with van der Waals surface area (Å²) < 4.78 is 5.37. The maximum Gasteiger partial charge on any atom is 0.237 e. The number of aromatic nitrogens is 1. The number of nitrogens with zero attached hydrogens (tertiary/aromatic N) is 2. The molecule has 110 valence electrons. The number of primary amides is 1. The van der Waals surface area contributed by atoms with E-state index in [1.165, 1.54) is 0 Å². The predicted molar refractivity (Wildman–Crippen MR) is 75.8 cm³/mol. The molecule has 1 saturated heterocycles. The molecule has 0 saturated carbocycles. The van der Waals surface area contributed by atoms with E-state index in [0.717, 1.165) is 12.0 Å². The van der Waals surface area contributed by atoms with Gasteiger partial charge in [-0.05, 0) is 18.1 Å². The number of pyridine rings is 1. The highest BCUT2D eigenvalue weighted by Gasteiger charge is 2.36. The fraction of sp³-hybridized carbons (Fsp3) is 0.571. The average molecular weight is 278 g/mol. The second kappa shape index (κ2) is 6.78. The topological polar surface area (TPSA) is 94.5 Å². The summed E-state index contributed by atoms with van der Waals surface area (Å²) in [7, 11) is 0. The Kier molecular flexibility index (Phi) is 5.05. The van der Waals surface area contributed by atoms with E-state index in [0.29, 0.717) is 19.8 Å². The van der Waals surface area contributed by atoms with Crippen molar-refractivity contribution in [1.82, 2.24) is 9.88 Å². The smallest absolute Gasteiger partial charge is 0.237 e. The van der Waals surface area contributed by atoms with Crippen molar-refractivity contribution < 1.29 is 9.53 Å². The number of carbonyl (C=O) groups is 1. The molecule has 0 spiro atoms. The van der Waals surface area contributed by atoms with Crippen molar-refractivity contribution >= 4 is 5.91 Å².